The first-order chi connectivity index (χ1) is 10.0. The Labute approximate surface area is 130 Å². The zero-order chi connectivity index (χ0) is 15.7. The average molecular weight is 329 g/mol. The van der Waals surface area contributed by atoms with E-state index in [0.29, 0.717) is 15.6 Å². The molecule has 0 radical (unpaired) electrons. The van der Waals surface area contributed by atoms with Crippen LogP contribution in [0.15, 0.2) is 23.4 Å². The Morgan fingerprint density at radius 3 is 2.52 bits per heavy atom. The van der Waals surface area contributed by atoms with Gasteiger partial charge >= 0.3 is 0 Å². The van der Waals surface area contributed by atoms with Gasteiger partial charge in [-0.25, -0.2) is 0 Å². The number of nitrogens with one attached hydrogen (secondary N) is 2. The molecule has 0 saturated carbocycles. The van der Waals surface area contributed by atoms with Crippen LogP contribution in [0.2, 0.25) is 10.0 Å². The monoisotopic (exact) mass is 328 g/mol. The smallest absolute Gasteiger partial charge is 0.279 e. The molecule has 1 aromatic carbocycles. The summed E-state index contributed by atoms with van der Waals surface area (Å²) in [6.45, 7) is -0.425. The fourth-order valence-electron chi connectivity index (χ4n) is 1.11. The quantitative estimate of drug-likeness (QED) is 0.629. The molecule has 7 nitrogen and oxygen atoms in total. The molecule has 0 aliphatic carbocycles. The predicted octanol–water partition coefficient (Wildman–Crippen LogP) is 1.40. The summed E-state index contributed by atoms with van der Waals surface area (Å²) < 4.78 is 0. The number of nitriles is 1. The van der Waals surface area contributed by atoms with Crippen molar-refractivity contribution in [3.63, 3.8) is 0 Å². The lowest BCUT2D eigenvalue weighted by Crippen LogP contribution is -2.42. The van der Waals surface area contributed by atoms with Crippen molar-refractivity contribution in [1.29, 1.82) is 5.26 Å². The van der Waals surface area contributed by atoms with Crippen LogP contribution in [0.3, 0.4) is 0 Å². The van der Waals surface area contributed by atoms with Gasteiger partial charge in [0.15, 0.2) is 6.61 Å². The van der Waals surface area contributed by atoms with E-state index >= 15 is 0 Å². The molecule has 110 valence electrons. The summed E-state index contributed by atoms with van der Waals surface area (Å²) in [5.41, 5.74) is 4.53. The molecule has 0 spiro atoms. The first-order valence-electron chi connectivity index (χ1n) is 5.58. The standard InChI is InChI=1S/C12H10Cl2N4O3/c13-9-2-1-3-10(14)8(9)6-16-21-7-12(20)18-17-11(19)4-5-15/h1-3,6H,4,7H2,(H,17,19)(H,18,20). The predicted molar refractivity (Wildman–Crippen MR) is 76.5 cm³/mol. The largest absolute Gasteiger partial charge is 0.386 e. The minimum atomic E-state index is -0.635. The molecule has 0 bridgehead atoms. The van der Waals surface area contributed by atoms with Crippen LogP contribution in [0.5, 0.6) is 0 Å². The van der Waals surface area contributed by atoms with Crippen molar-refractivity contribution < 1.29 is 14.4 Å². The Kier molecular flexibility index (Phi) is 7.01. The van der Waals surface area contributed by atoms with E-state index in [-0.39, 0.29) is 6.42 Å². The van der Waals surface area contributed by atoms with Crippen molar-refractivity contribution >= 4 is 41.2 Å². The van der Waals surface area contributed by atoms with Crippen LogP contribution in [0.4, 0.5) is 0 Å². The van der Waals surface area contributed by atoms with Crippen LogP contribution < -0.4 is 10.9 Å². The van der Waals surface area contributed by atoms with Crippen molar-refractivity contribution in [2.24, 2.45) is 5.16 Å². The topological polar surface area (TPSA) is 104 Å². The normalized spacial score (nSPS) is 9.95. The maximum absolute atomic E-state index is 11.2. The Morgan fingerprint density at radius 2 is 1.90 bits per heavy atom. The lowest BCUT2D eigenvalue weighted by Gasteiger charge is -2.04. The van der Waals surface area contributed by atoms with Gasteiger partial charge in [-0.05, 0) is 12.1 Å². The molecular formula is C12H10Cl2N4O3. The van der Waals surface area contributed by atoms with Gasteiger partial charge in [0.1, 0.15) is 6.42 Å². The zero-order valence-corrected chi connectivity index (χ0v) is 12.1. The van der Waals surface area contributed by atoms with E-state index in [2.05, 4.69) is 5.16 Å². The maximum atomic E-state index is 11.2. The van der Waals surface area contributed by atoms with Gasteiger partial charge in [0, 0.05) is 5.56 Å². The van der Waals surface area contributed by atoms with Gasteiger partial charge in [-0.15, -0.1) is 0 Å². The minimum Gasteiger partial charge on any atom is -0.386 e. The van der Waals surface area contributed by atoms with E-state index in [1.165, 1.54) is 6.21 Å². The molecule has 0 unspecified atom stereocenters. The van der Waals surface area contributed by atoms with Crippen LogP contribution in [-0.4, -0.2) is 24.6 Å². The molecule has 0 aliphatic heterocycles. The number of benzene rings is 1. The van der Waals surface area contributed by atoms with Gasteiger partial charge in [-0.3, -0.25) is 20.4 Å². The highest BCUT2D eigenvalue weighted by Gasteiger charge is 2.05. The average Bonchev–Trinajstić information content (AvgIpc) is 2.44. The molecule has 0 aromatic heterocycles. The molecule has 0 fully saturated rings. The van der Waals surface area contributed by atoms with E-state index in [4.69, 9.17) is 33.3 Å². The maximum Gasteiger partial charge on any atom is 0.279 e. The highest BCUT2D eigenvalue weighted by Crippen LogP contribution is 2.22. The van der Waals surface area contributed by atoms with Crippen LogP contribution in [0, 0.1) is 11.3 Å². The van der Waals surface area contributed by atoms with E-state index in [0.717, 1.165) is 0 Å². The molecule has 21 heavy (non-hydrogen) atoms. The molecule has 0 heterocycles. The lowest BCUT2D eigenvalue weighted by molar-refractivity contribution is -0.131. The highest BCUT2D eigenvalue weighted by molar-refractivity contribution is 6.38. The lowest BCUT2D eigenvalue weighted by atomic mass is 10.2. The molecule has 0 saturated heterocycles. The van der Waals surface area contributed by atoms with E-state index in [9.17, 15) is 9.59 Å². The fraction of sp³-hybridized carbons (Fsp3) is 0.167. The second-order valence-corrected chi connectivity index (χ2v) is 4.39. The molecule has 2 amide bonds. The third-order valence-electron chi connectivity index (χ3n) is 2.03. The summed E-state index contributed by atoms with van der Waals surface area (Å²) in [5, 5.41) is 12.6. The molecule has 0 atom stereocenters. The summed E-state index contributed by atoms with van der Waals surface area (Å²) in [6, 6.07) is 6.57. The van der Waals surface area contributed by atoms with Gasteiger partial charge in [0.05, 0.1) is 22.3 Å². The minimum absolute atomic E-state index is 0.357. The molecular weight excluding hydrogens is 319 g/mol. The second-order valence-electron chi connectivity index (χ2n) is 3.57. The number of hydrazine groups is 1. The van der Waals surface area contributed by atoms with Crippen molar-refractivity contribution in [2.45, 2.75) is 6.42 Å². The van der Waals surface area contributed by atoms with Crippen LogP contribution in [0.1, 0.15) is 12.0 Å². The van der Waals surface area contributed by atoms with Gasteiger partial charge < -0.3 is 4.84 Å². The molecule has 0 aliphatic rings. The number of halogens is 2. The van der Waals surface area contributed by atoms with Crippen LogP contribution >= 0.6 is 23.2 Å². The van der Waals surface area contributed by atoms with Gasteiger partial charge in [-0.2, -0.15) is 5.26 Å². The van der Waals surface area contributed by atoms with Gasteiger partial charge in [-0.1, -0.05) is 34.4 Å². The van der Waals surface area contributed by atoms with Crippen molar-refractivity contribution in [3.05, 3.63) is 33.8 Å². The molecule has 1 aromatic rings. The number of hydrogen-bond acceptors (Lipinski definition) is 5. The third kappa shape index (κ3) is 6.12. The van der Waals surface area contributed by atoms with Crippen LogP contribution in [-0.2, 0) is 14.4 Å². The molecule has 1 rings (SSSR count). The zero-order valence-electron chi connectivity index (χ0n) is 10.6. The van der Waals surface area contributed by atoms with Gasteiger partial charge in [0.25, 0.3) is 11.8 Å². The summed E-state index contributed by atoms with van der Waals surface area (Å²) in [4.78, 5) is 26.9. The number of rotatable bonds is 5. The number of carbonyl (C=O) groups excluding carboxylic acids is 2. The third-order valence-corrected chi connectivity index (χ3v) is 2.69. The Morgan fingerprint density at radius 1 is 1.29 bits per heavy atom. The number of nitrogens with zero attached hydrogens (tertiary/aromatic N) is 2. The molecule has 9 heteroatoms. The SMILES string of the molecule is N#CCC(=O)NNC(=O)CON=Cc1c(Cl)cccc1Cl. The summed E-state index contributed by atoms with van der Waals surface area (Å²) in [5.74, 6) is -1.26. The van der Waals surface area contributed by atoms with E-state index < -0.39 is 18.4 Å². The summed E-state index contributed by atoms with van der Waals surface area (Å²) in [7, 11) is 0. The highest BCUT2D eigenvalue weighted by atomic mass is 35.5. The number of carbonyl (C=O) groups is 2. The fourth-order valence-corrected chi connectivity index (χ4v) is 1.61. The van der Waals surface area contributed by atoms with Gasteiger partial charge in [0.2, 0.25) is 0 Å². The number of hydrogen-bond donors (Lipinski definition) is 2. The first kappa shape index (κ1) is 16.8. The first-order valence-corrected chi connectivity index (χ1v) is 6.34. The van der Waals surface area contributed by atoms with Crippen LogP contribution in [0.25, 0.3) is 0 Å². The Balaban J connectivity index is 2.36. The summed E-state index contributed by atoms with van der Waals surface area (Å²) >= 11 is 11.8. The number of oxime groups is 1. The Bertz CT molecular complexity index is 578. The number of amides is 2. The summed E-state index contributed by atoms with van der Waals surface area (Å²) in [6.07, 6.45) is 0.913. The van der Waals surface area contributed by atoms with E-state index in [1.54, 1.807) is 24.3 Å². The van der Waals surface area contributed by atoms with Crippen molar-refractivity contribution in [3.8, 4) is 6.07 Å². The molecule has 2 N–H and O–H groups in total. The Hall–Kier alpha value is -2.30. The second kappa shape index (κ2) is 8.79. The van der Waals surface area contributed by atoms with E-state index in [1.807, 2.05) is 10.9 Å². The van der Waals surface area contributed by atoms with Crippen molar-refractivity contribution in [1.82, 2.24) is 10.9 Å². The van der Waals surface area contributed by atoms with Crippen molar-refractivity contribution in [2.75, 3.05) is 6.61 Å².